The van der Waals surface area contributed by atoms with E-state index >= 15 is 0 Å². The fourth-order valence-corrected chi connectivity index (χ4v) is 6.41. The number of methoxy groups -OCH3 is 1. The number of aliphatic hydroxyl groups is 1. The van der Waals surface area contributed by atoms with Crippen LogP contribution >= 0.6 is 11.6 Å². The summed E-state index contributed by atoms with van der Waals surface area (Å²) in [5.74, 6) is 1.47. The van der Waals surface area contributed by atoms with Crippen molar-refractivity contribution in [2.45, 2.75) is 57.8 Å². The summed E-state index contributed by atoms with van der Waals surface area (Å²) in [4.78, 5) is 12.5. The molecule has 0 saturated carbocycles. The van der Waals surface area contributed by atoms with E-state index in [2.05, 4.69) is 20.1 Å². The number of ether oxygens (including phenoxy) is 2. The summed E-state index contributed by atoms with van der Waals surface area (Å²) in [7, 11) is 1.49. The lowest BCUT2D eigenvalue weighted by molar-refractivity contribution is -0.0768. The van der Waals surface area contributed by atoms with Crippen LogP contribution in [0.1, 0.15) is 53.9 Å². The Hall–Kier alpha value is -3.34. The van der Waals surface area contributed by atoms with Crippen molar-refractivity contribution in [1.29, 1.82) is 0 Å². The molecule has 8 nitrogen and oxygen atoms in total. The number of aliphatic hydroxyl groups excluding tert-OH is 1. The molecule has 0 amide bonds. The summed E-state index contributed by atoms with van der Waals surface area (Å²) in [6.45, 7) is 6.50. The fourth-order valence-electron chi connectivity index (χ4n) is 6.25. The molecule has 3 atom stereocenters. The van der Waals surface area contributed by atoms with Crippen LogP contribution in [0.25, 0.3) is 22.1 Å². The largest absolute Gasteiger partial charge is 0.376 e. The molecule has 0 aliphatic carbocycles. The molecule has 10 heteroatoms. The van der Waals surface area contributed by atoms with Crippen molar-refractivity contribution < 1.29 is 19.0 Å². The molecule has 1 unspecified atom stereocenters. The van der Waals surface area contributed by atoms with Crippen molar-refractivity contribution in [2.75, 3.05) is 20.3 Å². The number of aromatic nitrogens is 4. The third-order valence-electron chi connectivity index (χ3n) is 8.69. The van der Waals surface area contributed by atoms with E-state index in [-0.39, 0.29) is 17.8 Å². The highest BCUT2D eigenvalue weighted by Gasteiger charge is 2.27. The Labute approximate surface area is 248 Å². The maximum absolute atomic E-state index is 14.8. The zero-order chi connectivity index (χ0) is 29.0. The first-order valence-electron chi connectivity index (χ1n) is 14.4. The van der Waals surface area contributed by atoms with Gasteiger partial charge in [-0.3, -0.25) is 4.90 Å². The van der Waals surface area contributed by atoms with E-state index in [1.807, 2.05) is 37.3 Å². The average Bonchev–Trinajstić information content (AvgIpc) is 3.50. The lowest BCUT2D eigenvalue weighted by Crippen LogP contribution is -2.35. The first-order chi connectivity index (χ1) is 20.4. The summed E-state index contributed by atoms with van der Waals surface area (Å²) in [6.07, 6.45) is 0.196. The van der Waals surface area contributed by atoms with Crippen LogP contribution in [0.3, 0.4) is 0 Å². The minimum absolute atomic E-state index is 0.161. The van der Waals surface area contributed by atoms with Gasteiger partial charge >= 0.3 is 0 Å². The number of hydrogen-bond acceptors (Lipinski definition) is 6. The van der Waals surface area contributed by atoms with Crippen LogP contribution in [-0.4, -0.2) is 55.5 Å². The maximum atomic E-state index is 14.8. The first kappa shape index (κ1) is 27.5. The minimum atomic E-state index is -0.986. The quantitative estimate of drug-likeness (QED) is 0.232. The predicted molar refractivity (Wildman–Crippen MR) is 159 cm³/mol. The molecule has 0 bridgehead atoms. The second-order valence-electron chi connectivity index (χ2n) is 11.2. The van der Waals surface area contributed by atoms with Gasteiger partial charge in [0.15, 0.2) is 6.29 Å². The van der Waals surface area contributed by atoms with Crippen LogP contribution in [0.15, 0.2) is 54.6 Å². The van der Waals surface area contributed by atoms with E-state index in [1.54, 1.807) is 12.1 Å². The summed E-state index contributed by atoms with van der Waals surface area (Å²) in [5, 5.41) is 10.7. The Morgan fingerprint density at radius 3 is 2.71 bits per heavy atom. The van der Waals surface area contributed by atoms with Crippen molar-refractivity contribution >= 4 is 33.7 Å². The zero-order valence-electron chi connectivity index (χ0n) is 23.6. The van der Waals surface area contributed by atoms with Gasteiger partial charge in [-0.05, 0) is 47.9 Å². The second kappa shape index (κ2) is 11.1. The summed E-state index contributed by atoms with van der Waals surface area (Å²) in [5.41, 5.74) is 6.13. The number of halogens is 2. The molecule has 2 aliphatic heterocycles. The summed E-state index contributed by atoms with van der Waals surface area (Å²) >= 11 is 6.01. The van der Waals surface area contributed by atoms with Gasteiger partial charge in [0.1, 0.15) is 17.5 Å². The van der Waals surface area contributed by atoms with Gasteiger partial charge < -0.3 is 23.7 Å². The van der Waals surface area contributed by atoms with E-state index < -0.39 is 6.29 Å². The van der Waals surface area contributed by atoms with Crippen LogP contribution in [-0.2, 0) is 35.7 Å². The Balaban J connectivity index is 1.19. The third kappa shape index (κ3) is 4.89. The molecule has 0 radical (unpaired) electrons. The van der Waals surface area contributed by atoms with Gasteiger partial charge in [-0.15, -0.1) is 0 Å². The minimum Gasteiger partial charge on any atom is -0.376 e. The zero-order valence-corrected chi connectivity index (χ0v) is 24.4. The normalized spacial score (nSPS) is 18.7. The number of hydrogen-bond donors (Lipinski definition) is 1. The average molecular weight is 590 g/mol. The van der Waals surface area contributed by atoms with Crippen molar-refractivity contribution in [3.63, 3.8) is 0 Å². The standard InChI is InChI=1S/C32H33ClFN5O3/c1-19(23-8-7-21(33)15-25(23)34)24-4-3-5-27-31(24)36-30-18-37(11-12-38(27)30)17-29-35-26-9-6-20(32(40)41-2)14-28(26)39(29)16-22-10-13-42-22/h3-9,14-15,19,22,32,40H,10-13,16-18H2,1-2H3/t19-,22+,32?/m1/s1. The van der Waals surface area contributed by atoms with Crippen molar-refractivity contribution in [3.05, 3.63) is 93.8 Å². The van der Waals surface area contributed by atoms with Gasteiger partial charge in [-0.25, -0.2) is 14.4 Å². The highest BCUT2D eigenvalue weighted by molar-refractivity contribution is 6.30. The lowest BCUT2D eigenvalue weighted by Gasteiger charge is -2.30. The van der Waals surface area contributed by atoms with Gasteiger partial charge in [0.05, 0.1) is 47.8 Å². The highest BCUT2D eigenvalue weighted by Crippen LogP contribution is 2.34. The molecule has 2 aromatic heterocycles. The second-order valence-corrected chi connectivity index (χ2v) is 11.7. The van der Waals surface area contributed by atoms with Gasteiger partial charge in [-0.2, -0.15) is 0 Å². The predicted octanol–water partition coefficient (Wildman–Crippen LogP) is 5.77. The maximum Gasteiger partial charge on any atom is 0.180 e. The van der Waals surface area contributed by atoms with Crippen LogP contribution < -0.4 is 0 Å². The fraction of sp³-hybridized carbons (Fsp3) is 0.375. The van der Waals surface area contributed by atoms with E-state index in [1.165, 1.54) is 13.2 Å². The molecule has 0 spiro atoms. The van der Waals surface area contributed by atoms with E-state index in [9.17, 15) is 9.50 Å². The molecule has 1 saturated heterocycles. The van der Waals surface area contributed by atoms with Crippen LogP contribution in [0.5, 0.6) is 0 Å². The van der Waals surface area contributed by atoms with Gasteiger partial charge in [0.2, 0.25) is 0 Å². The molecule has 2 aliphatic rings. The lowest BCUT2D eigenvalue weighted by atomic mass is 9.92. The molecule has 218 valence electrons. The smallest absolute Gasteiger partial charge is 0.180 e. The number of rotatable bonds is 8. The number of para-hydroxylation sites is 1. The van der Waals surface area contributed by atoms with Crippen molar-refractivity contribution in [3.8, 4) is 0 Å². The van der Waals surface area contributed by atoms with Crippen molar-refractivity contribution in [1.82, 2.24) is 24.0 Å². The number of benzene rings is 3. The highest BCUT2D eigenvalue weighted by atomic mass is 35.5. The monoisotopic (exact) mass is 589 g/mol. The van der Waals surface area contributed by atoms with Crippen molar-refractivity contribution in [2.24, 2.45) is 0 Å². The Morgan fingerprint density at radius 2 is 1.95 bits per heavy atom. The Kier molecular flexibility index (Phi) is 7.24. The number of fused-ring (bicyclic) bond motifs is 4. The summed E-state index contributed by atoms with van der Waals surface area (Å²) < 4.78 is 30.2. The number of nitrogens with zero attached hydrogens (tertiary/aromatic N) is 5. The van der Waals surface area contributed by atoms with E-state index in [0.29, 0.717) is 35.8 Å². The molecule has 3 aromatic carbocycles. The molecule has 42 heavy (non-hydrogen) atoms. The van der Waals surface area contributed by atoms with Crippen LogP contribution in [0.4, 0.5) is 4.39 Å². The molecule has 5 aromatic rings. The molecule has 7 rings (SSSR count). The van der Waals surface area contributed by atoms with Gasteiger partial charge in [0.25, 0.3) is 0 Å². The number of imidazole rings is 2. The Bertz CT molecular complexity index is 1780. The molecular formula is C32H33ClFN5O3. The van der Waals surface area contributed by atoms with Crippen LogP contribution in [0.2, 0.25) is 5.02 Å². The molecule has 4 heterocycles. The van der Waals surface area contributed by atoms with E-state index in [4.69, 9.17) is 31.0 Å². The molecular weight excluding hydrogens is 557 g/mol. The third-order valence-corrected chi connectivity index (χ3v) is 8.93. The van der Waals surface area contributed by atoms with Gasteiger partial charge in [0, 0.05) is 43.3 Å². The van der Waals surface area contributed by atoms with E-state index in [0.717, 1.165) is 65.4 Å². The SMILES string of the molecule is COC(O)c1ccc2nc(CN3CCn4c(nc5c([C@H](C)c6ccc(Cl)cc6F)cccc54)C3)n(C[C@@H]3CCO3)c2c1. The first-order valence-corrected chi connectivity index (χ1v) is 14.7. The van der Waals surface area contributed by atoms with Crippen LogP contribution in [0, 0.1) is 5.82 Å². The van der Waals surface area contributed by atoms with Gasteiger partial charge in [-0.1, -0.05) is 42.8 Å². The molecule has 1 N–H and O–H groups in total. The molecule has 1 fully saturated rings. The topological polar surface area (TPSA) is 77.6 Å². The Morgan fingerprint density at radius 1 is 1.10 bits per heavy atom. The summed E-state index contributed by atoms with van der Waals surface area (Å²) in [6, 6.07) is 16.8.